The van der Waals surface area contributed by atoms with Crippen molar-refractivity contribution < 1.29 is 4.74 Å². The second-order valence-corrected chi connectivity index (χ2v) is 3.51. The zero-order chi connectivity index (χ0) is 9.97. The van der Waals surface area contributed by atoms with E-state index in [9.17, 15) is 0 Å². The molecule has 1 N–H and O–H groups in total. The van der Waals surface area contributed by atoms with E-state index in [2.05, 4.69) is 15.3 Å². The molecule has 0 saturated heterocycles. The highest BCUT2D eigenvalue weighted by Crippen LogP contribution is 2.15. The molecule has 0 radical (unpaired) electrons. The van der Waals surface area contributed by atoms with E-state index in [-0.39, 0.29) is 6.04 Å². The Balaban J connectivity index is 2.29. The van der Waals surface area contributed by atoms with Gasteiger partial charge in [-0.05, 0) is 26.0 Å². The molecule has 1 aromatic rings. The van der Waals surface area contributed by atoms with Crippen LogP contribution in [0.25, 0.3) is 0 Å². The van der Waals surface area contributed by atoms with Crippen LogP contribution in [-0.2, 0) is 17.8 Å². The van der Waals surface area contributed by atoms with E-state index in [0.29, 0.717) is 6.61 Å². The Labute approximate surface area is 83.7 Å². The summed E-state index contributed by atoms with van der Waals surface area (Å²) in [6, 6.07) is 0.197. The number of rotatable bonds is 2. The average molecular weight is 193 g/mol. The molecule has 2 rings (SSSR count). The standard InChI is InChI=1S/C10H15N3O/c1-7(11-2)10-12-5-8-3-4-14-6-9(8)13-10/h5,7,11H,3-4,6H2,1-2H3. The fourth-order valence-electron chi connectivity index (χ4n) is 1.48. The van der Waals surface area contributed by atoms with Gasteiger partial charge >= 0.3 is 0 Å². The maximum Gasteiger partial charge on any atom is 0.145 e. The third-order valence-corrected chi connectivity index (χ3v) is 2.55. The van der Waals surface area contributed by atoms with Crippen LogP contribution in [0.3, 0.4) is 0 Å². The van der Waals surface area contributed by atoms with Crippen molar-refractivity contribution >= 4 is 0 Å². The first-order valence-corrected chi connectivity index (χ1v) is 4.91. The van der Waals surface area contributed by atoms with Gasteiger partial charge in [-0.25, -0.2) is 9.97 Å². The lowest BCUT2D eigenvalue weighted by atomic mass is 10.1. The summed E-state index contributed by atoms with van der Waals surface area (Å²) in [4.78, 5) is 8.82. The molecule has 1 atom stereocenters. The number of ether oxygens (including phenoxy) is 1. The molecule has 2 heterocycles. The molecular formula is C10H15N3O. The lowest BCUT2D eigenvalue weighted by Crippen LogP contribution is -2.19. The fourth-order valence-corrected chi connectivity index (χ4v) is 1.48. The number of nitrogens with one attached hydrogen (secondary N) is 1. The lowest BCUT2D eigenvalue weighted by molar-refractivity contribution is 0.107. The van der Waals surface area contributed by atoms with Crippen molar-refractivity contribution in [1.82, 2.24) is 15.3 Å². The summed E-state index contributed by atoms with van der Waals surface area (Å²) < 4.78 is 5.35. The molecule has 1 aliphatic heterocycles. The lowest BCUT2D eigenvalue weighted by Gasteiger charge is -2.17. The predicted octanol–water partition coefficient (Wildman–Crippen LogP) is 0.830. The van der Waals surface area contributed by atoms with Crippen molar-refractivity contribution in [3.05, 3.63) is 23.3 Å². The van der Waals surface area contributed by atoms with Crippen LogP contribution in [0, 0.1) is 0 Å². The zero-order valence-corrected chi connectivity index (χ0v) is 8.58. The monoisotopic (exact) mass is 193 g/mol. The van der Waals surface area contributed by atoms with Gasteiger partial charge in [0.15, 0.2) is 0 Å². The van der Waals surface area contributed by atoms with Gasteiger partial charge in [0.25, 0.3) is 0 Å². The summed E-state index contributed by atoms with van der Waals surface area (Å²) in [5, 5.41) is 3.12. The van der Waals surface area contributed by atoms with Gasteiger partial charge in [0, 0.05) is 6.20 Å². The minimum atomic E-state index is 0.197. The van der Waals surface area contributed by atoms with Gasteiger partial charge in [-0.3, -0.25) is 0 Å². The normalized spacial score (nSPS) is 17.6. The van der Waals surface area contributed by atoms with E-state index in [1.807, 2.05) is 20.2 Å². The van der Waals surface area contributed by atoms with Crippen molar-refractivity contribution in [3.63, 3.8) is 0 Å². The van der Waals surface area contributed by atoms with Crippen LogP contribution in [0.1, 0.15) is 30.0 Å². The van der Waals surface area contributed by atoms with Gasteiger partial charge in [0.2, 0.25) is 0 Å². The molecule has 14 heavy (non-hydrogen) atoms. The highest BCUT2D eigenvalue weighted by Gasteiger charge is 2.14. The molecule has 0 bridgehead atoms. The van der Waals surface area contributed by atoms with Crippen LogP contribution in [0.2, 0.25) is 0 Å². The Hall–Kier alpha value is -1.00. The minimum absolute atomic E-state index is 0.197. The molecule has 1 aliphatic rings. The molecule has 0 amide bonds. The zero-order valence-electron chi connectivity index (χ0n) is 8.58. The summed E-state index contributed by atoms with van der Waals surface area (Å²) in [6.45, 7) is 3.46. The van der Waals surface area contributed by atoms with Gasteiger partial charge < -0.3 is 10.1 Å². The molecule has 0 spiro atoms. The molecule has 0 aromatic carbocycles. The van der Waals surface area contributed by atoms with Crippen molar-refractivity contribution in [2.24, 2.45) is 0 Å². The van der Waals surface area contributed by atoms with E-state index in [4.69, 9.17) is 4.74 Å². The van der Waals surface area contributed by atoms with Gasteiger partial charge in [0.1, 0.15) is 5.82 Å². The van der Waals surface area contributed by atoms with Crippen LogP contribution in [0.5, 0.6) is 0 Å². The van der Waals surface area contributed by atoms with Crippen LogP contribution in [0.15, 0.2) is 6.20 Å². The third kappa shape index (κ3) is 1.76. The highest BCUT2D eigenvalue weighted by atomic mass is 16.5. The van der Waals surface area contributed by atoms with E-state index >= 15 is 0 Å². The van der Waals surface area contributed by atoms with Gasteiger partial charge in [0.05, 0.1) is 24.9 Å². The molecule has 1 aromatic heterocycles. The second kappa shape index (κ2) is 4.02. The average Bonchev–Trinajstić information content (AvgIpc) is 2.27. The Morgan fingerprint density at radius 3 is 3.21 bits per heavy atom. The maximum absolute atomic E-state index is 5.35. The van der Waals surface area contributed by atoms with E-state index in [1.54, 1.807) is 0 Å². The molecular weight excluding hydrogens is 178 g/mol. The summed E-state index contributed by atoms with van der Waals surface area (Å²) >= 11 is 0. The smallest absolute Gasteiger partial charge is 0.145 e. The Bertz CT molecular complexity index is 327. The molecule has 0 aliphatic carbocycles. The number of fused-ring (bicyclic) bond motifs is 1. The summed E-state index contributed by atoms with van der Waals surface area (Å²) in [5.41, 5.74) is 2.27. The molecule has 76 valence electrons. The first-order chi connectivity index (χ1) is 6.81. The minimum Gasteiger partial charge on any atom is -0.375 e. The van der Waals surface area contributed by atoms with Gasteiger partial charge in [-0.2, -0.15) is 0 Å². The largest absolute Gasteiger partial charge is 0.375 e. The molecule has 0 saturated carbocycles. The molecule has 0 fully saturated rings. The Morgan fingerprint density at radius 1 is 1.57 bits per heavy atom. The summed E-state index contributed by atoms with van der Waals surface area (Å²) in [7, 11) is 1.91. The number of hydrogen-bond donors (Lipinski definition) is 1. The van der Waals surface area contributed by atoms with Crippen molar-refractivity contribution in [2.75, 3.05) is 13.7 Å². The first kappa shape index (κ1) is 9.55. The van der Waals surface area contributed by atoms with E-state index in [1.165, 1.54) is 5.56 Å². The number of hydrogen-bond acceptors (Lipinski definition) is 4. The summed E-state index contributed by atoms with van der Waals surface area (Å²) in [5.74, 6) is 0.844. The topological polar surface area (TPSA) is 47.0 Å². The Morgan fingerprint density at radius 2 is 2.43 bits per heavy atom. The van der Waals surface area contributed by atoms with E-state index < -0.39 is 0 Å². The Kier molecular flexibility index (Phi) is 2.74. The summed E-state index contributed by atoms with van der Waals surface area (Å²) in [6.07, 6.45) is 2.86. The maximum atomic E-state index is 5.35. The molecule has 4 heteroatoms. The number of nitrogens with zero attached hydrogens (tertiary/aromatic N) is 2. The van der Waals surface area contributed by atoms with Crippen LogP contribution < -0.4 is 5.32 Å². The van der Waals surface area contributed by atoms with Crippen molar-refractivity contribution in [1.29, 1.82) is 0 Å². The quantitative estimate of drug-likeness (QED) is 0.755. The number of aromatic nitrogens is 2. The van der Waals surface area contributed by atoms with Crippen LogP contribution >= 0.6 is 0 Å². The van der Waals surface area contributed by atoms with Crippen molar-refractivity contribution in [2.45, 2.75) is 26.0 Å². The highest BCUT2D eigenvalue weighted by molar-refractivity contribution is 5.19. The molecule has 1 unspecified atom stereocenters. The van der Waals surface area contributed by atoms with Gasteiger partial charge in [-0.1, -0.05) is 0 Å². The van der Waals surface area contributed by atoms with Crippen LogP contribution in [0.4, 0.5) is 0 Å². The third-order valence-electron chi connectivity index (χ3n) is 2.55. The van der Waals surface area contributed by atoms with Gasteiger partial charge in [-0.15, -0.1) is 0 Å². The van der Waals surface area contributed by atoms with E-state index in [0.717, 1.165) is 24.5 Å². The predicted molar refractivity (Wildman–Crippen MR) is 52.9 cm³/mol. The van der Waals surface area contributed by atoms with Crippen molar-refractivity contribution in [3.8, 4) is 0 Å². The van der Waals surface area contributed by atoms with Crippen LogP contribution in [-0.4, -0.2) is 23.6 Å². The second-order valence-electron chi connectivity index (χ2n) is 3.51. The first-order valence-electron chi connectivity index (χ1n) is 4.91. The fraction of sp³-hybridized carbons (Fsp3) is 0.600. The SMILES string of the molecule is CNC(C)c1ncc2c(n1)COCC2. The molecule has 4 nitrogen and oxygen atoms in total.